The maximum Gasteiger partial charge on any atom is 0.111 e. The Balaban J connectivity index is 1.96. The van der Waals surface area contributed by atoms with E-state index in [1.165, 1.54) is 19.7 Å². The van der Waals surface area contributed by atoms with Gasteiger partial charge in [0, 0.05) is 23.7 Å². The maximum absolute atomic E-state index is 5.94. The van der Waals surface area contributed by atoms with E-state index in [2.05, 4.69) is 57.8 Å². The van der Waals surface area contributed by atoms with E-state index in [4.69, 9.17) is 16.6 Å². The van der Waals surface area contributed by atoms with Crippen LogP contribution in [0.15, 0.2) is 34.1 Å². The summed E-state index contributed by atoms with van der Waals surface area (Å²) in [6, 6.07) is 10.6. The second-order valence-corrected chi connectivity index (χ2v) is 7.94. The lowest BCUT2D eigenvalue weighted by molar-refractivity contribution is 0.678. The summed E-state index contributed by atoms with van der Waals surface area (Å²) in [5, 5.41) is 0. The molecule has 0 saturated heterocycles. The van der Waals surface area contributed by atoms with E-state index in [-0.39, 0.29) is 0 Å². The monoisotopic (exact) mass is 382 g/mol. The van der Waals surface area contributed by atoms with E-state index < -0.39 is 0 Å². The summed E-state index contributed by atoms with van der Waals surface area (Å²) in [4.78, 5) is 6.14. The fraction of sp³-hybridized carbons (Fsp3) is 0.312. The topological polar surface area (TPSA) is 17.8 Å². The maximum atomic E-state index is 5.94. The first kappa shape index (κ1) is 15.1. The fourth-order valence-electron chi connectivity index (χ4n) is 2.64. The minimum atomic E-state index is 0.604. The number of aryl methyl sites for hydroxylation is 4. The molecule has 0 fully saturated rings. The summed E-state index contributed by atoms with van der Waals surface area (Å²) in [6.45, 7) is 3.09. The predicted molar refractivity (Wildman–Crippen MR) is 94.6 cm³/mol. The number of aromatic nitrogens is 2. The molecule has 2 heterocycles. The molecule has 0 aliphatic rings. The lowest BCUT2D eigenvalue weighted by atomic mass is 10.2. The Morgan fingerprint density at radius 1 is 1.24 bits per heavy atom. The van der Waals surface area contributed by atoms with E-state index in [1.54, 1.807) is 11.3 Å². The lowest BCUT2D eigenvalue weighted by Crippen LogP contribution is -2.07. The molecule has 0 aliphatic heterocycles. The summed E-state index contributed by atoms with van der Waals surface area (Å²) >= 11 is 11.3. The van der Waals surface area contributed by atoms with Crippen molar-refractivity contribution < 1.29 is 0 Å². The first-order chi connectivity index (χ1) is 10.2. The Kier molecular flexibility index (Phi) is 4.67. The quantitative estimate of drug-likeness (QED) is 0.554. The minimum absolute atomic E-state index is 0.604. The molecule has 3 rings (SSSR count). The molecule has 0 unspecified atom stereocenters. The van der Waals surface area contributed by atoms with E-state index in [0.29, 0.717) is 5.88 Å². The highest BCUT2D eigenvalue weighted by Crippen LogP contribution is 2.25. The predicted octanol–water partition coefficient (Wildman–Crippen LogP) is 5.19. The summed E-state index contributed by atoms with van der Waals surface area (Å²) < 4.78 is 3.52. The number of halogens is 2. The Morgan fingerprint density at radius 2 is 2.10 bits per heavy atom. The number of benzene rings is 1. The molecule has 21 heavy (non-hydrogen) atoms. The van der Waals surface area contributed by atoms with Crippen molar-refractivity contribution in [2.75, 3.05) is 5.88 Å². The number of para-hydroxylation sites is 1. The molecule has 0 saturated carbocycles. The average molecular weight is 384 g/mol. The first-order valence-corrected chi connectivity index (χ1v) is 9.08. The second kappa shape index (κ2) is 6.51. The largest absolute Gasteiger partial charge is 0.327 e. The number of rotatable bonds is 5. The van der Waals surface area contributed by atoms with Gasteiger partial charge in [0.15, 0.2) is 0 Å². The van der Waals surface area contributed by atoms with E-state index in [0.717, 1.165) is 30.7 Å². The van der Waals surface area contributed by atoms with Gasteiger partial charge in [-0.15, -0.1) is 22.9 Å². The normalized spacial score (nSPS) is 11.4. The molecule has 0 radical (unpaired) electrons. The Hall–Kier alpha value is -0.840. The lowest BCUT2D eigenvalue weighted by Gasteiger charge is -2.09. The standard InChI is InChI=1S/C16H16BrClN2S/c1-11-3-2-4-13-16(11)20(15(19-13)7-9-18)10-8-12-5-6-14(17)21-12/h2-6H,7-10H2,1H3. The molecule has 2 nitrogen and oxygen atoms in total. The van der Waals surface area contributed by atoms with Crippen LogP contribution < -0.4 is 0 Å². The molecule has 0 atom stereocenters. The van der Waals surface area contributed by atoms with Crippen molar-refractivity contribution in [3.8, 4) is 0 Å². The smallest absolute Gasteiger partial charge is 0.111 e. The SMILES string of the molecule is Cc1cccc2nc(CCCl)n(CCc3ccc(Br)s3)c12. The molecule has 3 aromatic rings. The van der Waals surface area contributed by atoms with E-state index >= 15 is 0 Å². The molecule has 110 valence electrons. The molecule has 2 aromatic heterocycles. The molecule has 0 spiro atoms. The Labute approximate surface area is 141 Å². The van der Waals surface area contributed by atoms with E-state index in [9.17, 15) is 0 Å². The zero-order valence-electron chi connectivity index (χ0n) is 11.8. The number of imidazole rings is 1. The molecule has 0 aliphatic carbocycles. The van der Waals surface area contributed by atoms with Gasteiger partial charge in [0.1, 0.15) is 5.82 Å². The third-order valence-electron chi connectivity index (χ3n) is 3.58. The third kappa shape index (κ3) is 3.17. The highest BCUT2D eigenvalue weighted by atomic mass is 79.9. The summed E-state index contributed by atoms with van der Waals surface area (Å²) in [5.41, 5.74) is 3.59. The van der Waals surface area contributed by atoms with Gasteiger partial charge in [-0.1, -0.05) is 12.1 Å². The summed E-state index contributed by atoms with van der Waals surface area (Å²) in [5.74, 6) is 1.69. The second-order valence-electron chi connectivity index (χ2n) is 5.02. The van der Waals surface area contributed by atoms with Crippen LogP contribution in [0.3, 0.4) is 0 Å². The van der Waals surface area contributed by atoms with Gasteiger partial charge in [-0.3, -0.25) is 0 Å². The van der Waals surface area contributed by atoms with Crippen molar-refractivity contribution in [3.63, 3.8) is 0 Å². The van der Waals surface area contributed by atoms with Crippen LogP contribution in [0, 0.1) is 6.92 Å². The van der Waals surface area contributed by atoms with Crippen LogP contribution in [0.25, 0.3) is 11.0 Å². The number of fused-ring (bicyclic) bond motifs is 1. The number of hydrogen-bond donors (Lipinski definition) is 0. The Morgan fingerprint density at radius 3 is 2.81 bits per heavy atom. The first-order valence-electron chi connectivity index (χ1n) is 6.94. The van der Waals surface area contributed by atoms with Crippen molar-refractivity contribution in [3.05, 3.63) is 50.4 Å². The number of hydrogen-bond acceptors (Lipinski definition) is 2. The van der Waals surface area contributed by atoms with Gasteiger partial charge >= 0.3 is 0 Å². The molecule has 1 aromatic carbocycles. The molecule has 0 bridgehead atoms. The highest BCUT2D eigenvalue weighted by molar-refractivity contribution is 9.11. The van der Waals surface area contributed by atoms with Crippen LogP contribution in [-0.2, 0) is 19.4 Å². The van der Waals surface area contributed by atoms with Gasteiger partial charge in [-0.25, -0.2) is 4.98 Å². The zero-order chi connectivity index (χ0) is 14.8. The van der Waals surface area contributed by atoms with Crippen LogP contribution in [0.2, 0.25) is 0 Å². The molecule has 0 N–H and O–H groups in total. The molecule has 0 amide bonds. The summed E-state index contributed by atoms with van der Waals surface area (Å²) in [7, 11) is 0. The molecular formula is C16H16BrClN2S. The Bertz CT molecular complexity index is 763. The van der Waals surface area contributed by atoms with E-state index in [1.807, 2.05) is 0 Å². The number of alkyl halides is 1. The fourth-order valence-corrected chi connectivity index (χ4v) is 4.28. The van der Waals surface area contributed by atoms with Crippen LogP contribution in [0.1, 0.15) is 16.3 Å². The van der Waals surface area contributed by atoms with Gasteiger partial charge in [-0.2, -0.15) is 0 Å². The van der Waals surface area contributed by atoms with Crippen LogP contribution in [0.4, 0.5) is 0 Å². The van der Waals surface area contributed by atoms with Crippen molar-refractivity contribution in [2.45, 2.75) is 26.3 Å². The van der Waals surface area contributed by atoms with Gasteiger partial charge in [0.25, 0.3) is 0 Å². The van der Waals surface area contributed by atoms with Gasteiger partial charge in [0.2, 0.25) is 0 Å². The van der Waals surface area contributed by atoms with Crippen molar-refractivity contribution >= 4 is 49.9 Å². The van der Waals surface area contributed by atoms with Crippen molar-refractivity contribution in [2.24, 2.45) is 0 Å². The number of nitrogens with zero attached hydrogens (tertiary/aromatic N) is 2. The minimum Gasteiger partial charge on any atom is -0.327 e. The van der Waals surface area contributed by atoms with Crippen molar-refractivity contribution in [1.82, 2.24) is 9.55 Å². The summed E-state index contributed by atoms with van der Waals surface area (Å²) in [6.07, 6.45) is 1.83. The van der Waals surface area contributed by atoms with Gasteiger partial charge in [0.05, 0.1) is 14.8 Å². The number of thiophene rings is 1. The van der Waals surface area contributed by atoms with Crippen LogP contribution in [-0.4, -0.2) is 15.4 Å². The van der Waals surface area contributed by atoms with Crippen LogP contribution in [0.5, 0.6) is 0 Å². The molecular weight excluding hydrogens is 368 g/mol. The average Bonchev–Trinajstić information content (AvgIpc) is 3.01. The molecule has 5 heteroatoms. The van der Waals surface area contributed by atoms with Crippen molar-refractivity contribution in [1.29, 1.82) is 0 Å². The third-order valence-corrected chi connectivity index (χ3v) is 5.45. The highest BCUT2D eigenvalue weighted by Gasteiger charge is 2.12. The van der Waals surface area contributed by atoms with Gasteiger partial charge in [-0.05, 0) is 53.0 Å². The van der Waals surface area contributed by atoms with Crippen LogP contribution >= 0.6 is 38.9 Å². The van der Waals surface area contributed by atoms with Gasteiger partial charge < -0.3 is 4.57 Å². The zero-order valence-corrected chi connectivity index (χ0v) is 14.9.